The summed E-state index contributed by atoms with van der Waals surface area (Å²) in [6, 6.07) is 3.04. The molecule has 0 radical (unpaired) electrons. The lowest BCUT2D eigenvalue weighted by molar-refractivity contribution is -0.138. The van der Waals surface area contributed by atoms with Crippen molar-refractivity contribution in [3.8, 4) is 0 Å². The molecule has 1 aromatic rings. The van der Waals surface area contributed by atoms with Crippen molar-refractivity contribution < 1.29 is 21.6 Å². The van der Waals surface area contributed by atoms with E-state index in [1.807, 2.05) is 0 Å². The number of hydrogen-bond donors (Lipinski definition) is 2. The van der Waals surface area contributed by atoms with E-state index in [2.05, 4.69) is 21.4 Å². The fraction of sp³-hybridized carbons (Fsp3) is 0.500. The van der Waals surface area contributed by atoms with Gasteiger partial charge in [-0.05, 0) is 30.5 Å². The lowest BCUT2D eigenvalue weighted by Crippen LogP contribution is -2.30. The van der Waals surface area contributed by atoms with Gasteiger partial charge in [-0.25, -0.2) is 8.42 Å². The second kappa shape index (κ2) is 7.08. The Balaban J connectivity index is 3.00. The minimum Gasteiger partial charge on any atom is -0.271 e. The minimum atomic E-state index is -4.51. The van der Waals surface area contributed by atoms with Gasteiger partial charge in [-0.1, -0.05) is 22.0 Å². The van der Waals surface area contributed by atoms with E-state index in [0.717, 1.165) is 12.3 Å². The van der Waals surface area contributed by atoms with Crippen molar-refractivity contribution in [1.82, 2.24) is 5.43 Å². The first kappa shape index (κ1) is 18.4. The Bertz CT molecular complexity index is 591. The largest absolute Gasteiger partial charge is 0.416 e. The van der Waals surface area contributed by atoms with E-state index in [-0.39, 0.29) is 24.2 Å². The van der Waals surface area contributed by atoms with Crippen molar-refractivity contribution in [1.29, 1.82) is 0 Å². The van der Waals surface area contributed by atoms with Gasteiger partial charge in [0.1, 0.15) is 9.84 Å². The zero-order valence-electron chi connectivity index (χ0n) is 11.2. The molecule has 120 valence electrons. The third-order valence-electron chi connectivity index (χ3n) is 2.91. The maximum atomic E-state index is 13.1. The van der Waals surface area contributed by atoms with E-state index in [1.165, 1.54) is 12.1 Å². The lowest BCUT2D eigenvalue weighted by atomic mass is 9.97. The molecule has 21 heavy (non-hydrogen) atoms. The quantitative estimate of drug-likeness (QED) is 0.580. The third-order valence-corrected chi connectivity index (χ3v) is 4.43. The summed E-state index contributed by atoms with van der Waals surface area (Å²) in [6.45, 7) is 0. The number of rotatable bonds is 6. The predicted octanol–water partition coefficient (Wildman–Crippen LogP) is 2.80. The van der Waals surface area contributed by atoms with Crippen molar-refractivity contribution in [2.24, 2.45) is 5.84 Å². The van der Waals surface area contributed by atoms with Crippen LogP contribution >= 0.6 is 15.9 Å². The molecule has 3 N–H and O–H groups in total. The lowest BCUT2D eigenvalue weighted by Gasteiger charge is -2.21. The second-order valence-electron chi connectivity index (χ2n) is 4.72. The highest BCUT2D eigenvalue weighted by atomic mass is 79.9. The Morgan fingerprint density at radius 2 is 2.00 bits per heavy atom. The van der Waals surface area contributed by atoms with Crippen LogP contribution in [0.4, 0.5) is 13.2 Å². The number of alkyl halides is 3. The molecule has 0 aliphatic rings. The van der Waals surface area contributed by atoms with Gasteiger partial charge < -0.3 is 0 Å². The first-order valence-electron chi connectivity index (χ1n) is 6.05. The summed E-state index contributed by atoms with van der Waals surface area (Å²) in [5.74, 6) is 5.23. The molecule has 0 aliphatic heterocycles. The highest BCUT2D eigenvalue weighted by Gasteiger charge is 2.35. The summed E-state index contributed by atoms with van der Waals surface area (Å²) >= 11 is 3.01. The van der Waals surface area contributed by atoms with Crippen LogP contribution in [0.15, 0.2) is 22.7 Å². The Hall–Kier alpha value is -0.640. The monoisotopic (exact) mass is 388 g/mol. The fourth-order valence-electron chi connectivity index (χ4n) is 1.96. The smallest absolute Gasteiger partial charge is 0.271 e. The summed E-state index contributed by atoms with van der Waals surface area (Å²) < 4.78 is 61.6. The van der Waals surface area contributed by atoms with Gasteiger partial charge in [-0.15, -0.1) is 0 Å². The molecule has 1 rings (SSSR count). The van der Waals surface area contributed by atoms with E-state index in [9.17, 15) is 21.6 Å². The second-order valence-corrected chi connectivity index (χ2v) is 7.90. The van der Waals surface area contributed by atoms with E-state index >= 15 is 0 Å². The molecule has 0 saturated carbocycles. The van der Waals surface area contributed by atoms with E-state index in [0.29, 0.717) is 4.47 Å². The average molecular weight is 389 g/mol. The van der Waals surface area contributed by atoms with Crippen molar-refractivity contribution in [2.45, 2.75) is 25.1 Å². The van der Waals surface area contributed by atoms with Gasteiger partial charge in [0.2, 0.25) is 0 Å². The van der Waals surface area contributed by atoms with Crippen LogP contribution in [0.25, 0.3) is 0 Å². The van der Waals surface area contributed by atoms with Crippen LogP contribution in [0, 0.1) is 0 Å². The number of halogens is 4. The van der Waals surface area contributed by atoms with Crippen LogP contribution in [-0.2, 0) is 16.0 Å². The summed E-state index contributed by atoms with van der Waals surface area (Å²) in [4.78, 5) is 0. The zero-order chi connectivity index (χ0) is 16.3. The molecular formula is C12H16BrF3N2O2S. The van der Waals surface area contributed by atoms with Gasteiger partial charge in [0.15, 0.2) is 0 Å². The summed E-state index contributed by atoms with van der Waals surface area (Å²) in [6.07, 6.45) is -3.01. The van der Waals surface area contributed by atoms with E-state index in [4.69, 9.17) is 5.84 Å². The van der Waals surface area contributed by atoms with Crippen LogP contribution in [0.5, 0.6) is 0 Å². The molecule has 0 saturated heterocycles. The number of hydrazine groups is 1. The molecule has 1 atom stereocenters. The first-order valence-corrected chi connectivity index (χ1v) is 8.90. The standard InChI is InChI=1S/C12H16BrF3N2O2S/c1-21(19,20)6-2-3-11(18-17)9-5-4-8(13)7-10(9)12(14,15)16/h4-5,7,11,18H,2-3,6,17H2,1H3. The summed E-state index contributed by atoms with van der Waals surface area (Å²) in [5.41, 5.74) is 1.54. The van der Waals surface area contributed by atoms with E-state index < -0.39 is 27.6 Å². The highest BCUT2D eigenvalue weighted by molar-refractivity contribution is 9.10. The van der Waals surface area contributed by atoms with Crippen molar-refractivity contribution >= 4 is 25.8 Å². The van der Waals surface area contributed by atoms with Gasteiger partial charge in [0.25, 0.3) is 0 Å². The number of nitrogens with one attached hydrogen (secondary N) is 1. The molecule has 0 spiro atoms. The fourth-order valence-corrected chi connectivity index (χ4v) is 3.01. The SMILES string of the molecule is CS(=O)(=O)CCCC(NN)c1ccc(Br)cc1C(F)(F)F. The Labute approximate surface area is 129 Å². The van der Waals surface area contributed by atoms with Gasteiger partial charge in [-0.2, -0.15) is 13.2 Å². The van der Waals surface area contributed by atoms with Gasteiger partial charge in [0, 0.05) is 22.5 Å². The minimum absolute atomic E-state index is 0.00158. The molecule has 0 fully saturated rings. The molecule has 0 aromatic heterocycles. The molecule has 0 amide bonds. The highest BCUT2D eigenvalue weighted by Crippen LogP contribution is 2.37. The zero-order valence-corrected chi connectivity index (χ0v) is 13.6. The third kappa shape index (κ3) is 5.93. The Morgan fingerprint density at radius 3 is 2.48 bits per heavy atom. The molecule has 0 bridgehead atoms. The van der Waals surface area contributed by atoms with Crippen LogP contribution in [0.1, 0.15) is 30.0 Å². The molecule has 1 aromatic carbocycles. The van der Waals surface area contributed by atoms with Crippen LogP contribution < -0.4 is 11.3 Å². The van der Waals surface area contributed by atoms with Crippen molar-refractivity contribution in [3.05, 3.63) is 33.8 Å². The molecular weight excluding hydrogens is 373 g/mol. The molecule has 4 nitrogen and oxygen atoms in total. The average Bonchev–Trinajstić information content (AvgIpc) is 2.33. The Morgan fingerprint density at radius 1 is 1.38 bits per heavy atom. The number of sulfone groups is 1. The Kier molecular flexibility index (Phi) is 6.21. The van der Waals surface area contributed by atoms with Gasteiger partial charge in [0.05, 0.1) is 5.56 Å². The number of hydrogen-bond acceptors (Lipinski definition) is 4. The topological polar surface area (TPSA) is 72.2 Å². The molecule has 9 heteroatoms. The van der Waals surface area contributed by atoms with Crippen molar-refractivity contribution in [2.75, 3.05) is 12.0 Å². The van der Waals surface area contributed by atoms with E-state index in [1.54, 1.807) is 0 Å². The van der Waals surface area contributed by atoms with Gasteiger partial charge in [-0.3, -0.25) is 11.3 Å². The summed E-state index contributed by atoms with van der Waals surface area (Å²) in [7, 11) is -3.15. The maximum absolute atomic E-state index is 13.1. The summed E-state index contributed by atoms with van der Waals surface area (Å²) in [5, 5.41) is 0. The van der Waals surface area contributed by atoms with Crippen LogP contribution in [-0.4, -0.2) is 20.4 Å². The number of benzene rings is 1. The normalized spacial score (nSPS) is 14.2. The predicted molar refractivity (Wildman–Crippen MR) is 78.2 cm³/mol. The molecule has 1 unspecified atom stereocenters. The number of nitrogens with two attached hydrogens (primary N) is 1. The molecule has 0 heterocycles. The van der Waals surface area contributed by atoms with Gasteiger partial charge >= 0.3 is 6.18 Å². The van der Waals surface area contributed by atoms with Crippen LogP contribution in [0.2, 0.25) is 0 Å². The maximum Gasteiger partial charge on any atom is 0.416 e. The molecule has 0 aliphatic carbocycles. The van der Waals surface area contributed by atoms with Crippen molar-refractivity contribution in [3.63, 3.8) is 0 Å². The first-order chi connectivity index (χ1) is 9.54. The van der Waals surface area contributed by atoms with Crippen LogP contribution in [0.3, 0.4) is 0 Å².